The first-order valence-corrected chi connectivity index (χ1v) is 15.5. The average molecular weight is 635 g/mol. The molecule has 3 fully saturated rings. The highest BCUT2D eigenvalue weighted by Crippen LogP contribution is 2.67. The van der Waals surface area contributed by atoms with Gasteiger partial charge in [-0.2, -0.15) is 0 Å². The Kier molecular flexibility index (Phi) is 8.55. The first-order valence-electron chi connectivity index (χ1n) is 15.5. The average Bonchev–Trinajstić information content (AvgIpc) is 3.02. The van der Waals surface area contributed by atoms with Crippen molar-refractivity contribution < 1.29 is 48.7 Å². The number of ketones is 1. The number of benzene rings is 2. The van der Waals surface area contributed by atoms with E-state index in [2.05, 4.69) is 6.58 Å². The van der Waals surface area contributed by atoms with E-state index in [9.17, 15) is 34.5 Å². The Balaban J connectivity index is 1.72. The Bertz CT molecular complexity index is 1520. The third-order valence-electron chi connectivity index (χ3n) is 10.8. The van der Waals surface area contributed by atoms with Crippen LogP contribution in [0, 0.1) is 28.1 Å². The predicted octanol–water partition coefficient (Wildman–Crippen LogP) is 3.67. The molecule has 0 aliphatic heterocycles. The summed E-state index contributed by atoms with van der Waals surface area (Å²) in [5, 5.41) is 35.8. The third kappa shape index (κ3) is 5.07. The molecule has 10 atom stereocenters. The summed E-state index contributed by atoms with van der Waals surface area (Å²) in [6.45, 7) is 11.7. The summed E-state index contributed by atoms with van der Waals surface area (Å²) >= 11 is 0. The van der Waals surface area contributed by atoms with Gasteiger partial charge in [0.2, 0.25) is 0 Å². The van der Waals surface area contributed by atoms with Gasteiger partial charge in [-0.05, 0) is 49.9 Å². The van der Waals surface area contributed by atoms with Crippen molar-refractivity contribution in [2.75, 3.05) is 0 Å². The number of fused-ring (bicyclic) bond motifs is 3. The van der Waals surface area contributed by atoms with Gasteiger partial charge in [0, 0.05) is 29.1 Å². The molecule has 0 spiro atoms. The van der Waals surface area contributed by atoms with Crippen molar-refractivity contribution >= 4 is 23.7 Å². The Morgan fingerprint density at radius 2 is 1.35 bits per heavy atom. The van der Waals surface area contributed by atoms with E-state index in [1.807, 2.05) is 0 Å². The summed E-state index contributed by atoms with van der Waals surface area (Å²) in [7, 11) is 0. The largest absolute Gasteiger partial charge is 0.455 e. The molecule has 0 unspecified atom stereocenters. The number of aliphatic hydroxyl groups is 3. The zero-order valence-electron chi connectivity index (χ0n) is 26.7. The molecular weight excluding hydrogens is 592 g/mol. The number of carbonyl (C=O) groups is 4. The second-order valence-electron chi connectivity index (χ2n) is 14.0. The topological polar surface area (TPSA) is 157 Å². The number of rotatable bonds is 6. The lowest BCUT2D eigenvalue weighted by Gasteiger charge is -2.68. The molecule has 0 bridgehead atoms. The number of aliphatic hydroxyl groups excluding tert-OH is 2. The highest BCUT2D eigenvalue weighted by Gasteiger charge is 2.77. The first kappa shape index (κ1) is 33.5. The minimum Gasteiger partial charge on any atom is -0.455 e. The van der Waals surface area contributed by atoms with Crippen molar-refractivity contribution in [3.05, 3.63) is 84.4 Å². The van der Waals surface area contributed by atoms with Gasteiger partial charge in [0.05, 0.1) is 23.3 Å². The smallest absolute Gasteiger partial charge is 0.338 e. The van der Waals surface area contributed by atoms with Gasteiger partial charge in [0.15, 0.2) is 17.5 Å². The van der Waals surface area contributed by atoms with Crippen LogP contribution in [-0.2, 0) is 23.8 Å². The maximum absolute atomic E-state index is 14.1. The molecule has 3 N–H and O–H groups in total. The summed E-state index contributed by atoms with van der Waals surface area (Å²) in [6, 6.07) is 16.3. The lowest BCUT2D eigenvalue weighted by atomic mass is 9.39. The van der Waals surface area contributed by atoms with E-state index < -0.39 is 87.9 Å². The number of carbonyl (C=O) groups excluding carboxylic acids is 4. The lowest BCUT2D eigenvalue weighted by Crippen LogP contribution is -2.80. The van der Waals surface area contributed by atoms with E-state index in [-0.39, 0.29) is 24.0 Å². The Hall–Kier alpha value is -3.86. The van der Waals surface area contributed by atoms with Crippen LogP contribution in [0.1, 0.15) is 68.2 Å². The number of ether oxygens (including phenoxy) is 3. The summed E-state index contributed by atoms with van der Waals surface area (Å²) in [4.78, 5) is 54.1. The molecular formula is C36H42O10. The quantitative estimate of drug-likeness (QED) is 0.243. The van der Waals surface area contributed by atoms with Gasteiger partial charge in [-0.1, -0.05) is 63.2 Å². The molecule has 0 amide bonds. The van der Waals surface area contributed by atoms with Crippen LogP contribution in [0.4, 0.5) is 0 Å². The van der Waals surface area contributed by atoms with E-state index in [1.165, 1.54) is 25.1 Å². The molecule has 3 aliphatic rings. The number of allylic oxidation sites excluding steroid dienone is 1. The fourth-order valence-corrected chi connectivity index (χ4v) is 8.69. The molecule has 5 rings (SSSR count). The van der Waals surface area contributed by atoms with Crippen LogP contribution in [0.15, 0.2) is 73.3 Å². The molecule has 0 radical (unpaired) electrons. The van der Waals surface area contributed by atoms with Gasteiger partial charge < -0.3 is 29.5 Å². The minimum atomic E-state index is -2.48. The zero-order chi connectivity index (χ0) is 33.8. The maximum Gasteiger partial charge on any atom is 0.338 e. The molecule has 0 heterocycles. The number of Topliss-reactive ketones (excluding diaryl/α,β-unsaturated/α-hetero) is 1. The first-order chi connectivity index (χ1) is 21.5. The van der Waals surface area contributed by atoms with Crippen molar-refractivity contribution in [2.24, 2.45) is 28.1 Å². The number of hydrogen-bond acceptors (Lipinski definition) is 10. The van der Waals surface area contributed by atoms with Crippen LogP contribution in [0.25, 0.3) is 0 Å². The van der Waals surface area contributed by atoms with Crippen molar-refractivity contribution in [1.29, 1.82) is 0 Å². The minimum absolute atomic E-state index is 0.123. The molecule has 10 nitrogen and oxygen atoms in total. The SMILES string of the molecule is C=C[C@@]1(C)C[C@@H](O)[C@H]2[C@](O)(C1=O)[C@H](O)C[C@H]1C(C)(C)[C@H](OC(=O)c3ccccc3)[C@@H](OC(C)=O)[C@H](OC(=O)c3ccccc3)[C@@]12C. The van der Waals surface area contributed by atoms with Crippen molar-refractivity contribution in [1.82, 2.24) is 0 Å². The third-order valence-corrected chi connectivity index (χ3v) is 10.8. The fraction of sp³-hybridized carbons (Fsp3) is 0.500. The Morgan fingerprint density at radius 3 is 1.83 bits per heavy atom. The highest BCUT2D eigenvalue weighted by atomic mass is 16.6. The second kappa shape index (κ2) is 11.7. The summed E-state index contributed by atoms with van der Waals surface area (Å²) in [6.07, 6.45) is -6.08. The lowest BCUT2D eigenvalue weighted by molar-refractivity contribution is -0.312. The molecule has 46 heavy (non-hydrogen) atoms. The van der Waals surface area contributed by atoms with Crippen molar-refractivity contribution in [3.8, 4) is 0 Å². The van der Waals surface area contributed by atoms with E-state index in [4.69, 9.17) is 14.2 Å². The van der Waals surface area contributed by atoms with Gasteiger partial charge in [0.1, 0.15) is 12.2 Å². The van der Waals surface area contributed by atoms with Gasteiger partial charge in [-0.3, -0.25) is 9.59 Å². The Morgan fingerprint density at radius 1 is 0.848 bits per heavy atom. The summed E-state index contributed by atoms with van der Waals surface area (Å²) < 4.78 is 18.2. The molecule has 246 valence electrons. The zero-order valence-corrected chi connectivity index (χ0v) is 26.7. The predicted molar refractivity (Wildman–Crippen MR) is 165 cm³/mol. The molecule has 2 aromatic carbocycles. The van der Waals surface area contributed by atoms with E-state index >= 15 is 0 Å². The summed E-state index contributed by atoms with van der Waals surface area (Å²) in [5.41, 5.74) is -6.06. The molecule has 0 aromatic heterocycles. The normalized spacial score (nSPS) is 38.0. The second-order valence-corrected chi connectivity index (χ2v) is 14.0. The van der Waals surface area contributed by atoms with Crippen molar-refractivity contribution in [2.45, 2.75) is 83.6 Å². The van der Waals surface area contributed by atoms with Crippen LogP contribution in [0.3, 0.4) is 0 Å². The van der Waals surface area contributed by atoms with Crippen LogP contribution in [0.2, 0.25) is 0 Å². The maximum atomic E-state index is 14.1. The van der Waals surface area contributed by atoms with Crippen LogP contribution in [0.5, 0.6) is 0 Å². The van der Waals surface area contributed by atoms with Gasteiger partial charge >= 0.3 is 17.9 Å². The molecule has 0 saturated heterocycles. The van der Waals surface area contributed by atoms with E-state index in [0.29, 0.717) is 0 Å². The number of esters is 3. The molecule has 10 heteroatoms. The van der Waals surface area contributed by atoms with Crippen LogP contribution < -0.4 is 0 Å². The Labute approximate surface area is 268 Å². The molecule has 3 saturated carbocycles. The number of hydrogen-bond donors (Lipinski definition) is 3. The standard InChI is InChI=1S/C36H42O10/c1-7-34(5)19-23(38)27-35(6)24(18-25(39)36(27,43)32(34)42)33(3,4)28(45-30(40)21-14-10-8-11-15-21)26(44-20(2)37)29(35)46-31(41)22-16-12-9-13-17-22/h7-17,23-29,38-39,43H,1,18-19H2,2-6H3/t23-,24+,25-,26-,27-,28-,29+,34+,35+,36+/m1/s1. The van der Waals surface area contributed by atoms with Gasteiger partial charge in [0.25, 0.3) is 0 Å². The highest BCUT2D eigenvalue weighted by molar-refractivity contribution is 5.96. The fourth-order valence-electron chi connectivity index (χ4n) is 8.69. The van der Waals surface area contributed by atoms with E-state index in [1.54, 1.807) is 76.2 Å². The van der Waals surface area contributed by atoms with Crippen LogP contribution >= 0.6 is 0 Å². The summed E-state index contributed by atoms with van der Waals surface area (Å²) in [5.74, 6) is -5.11. The van der Waals surface area contributed by atoms with Crippen LogP contribution in [-0.4, -0.2) is 75.1 Å². The van der Waals surface area contributed by atoms with Crippen molar-refractivity contribution in [3.63, 3.8) is 0 Å². The molecule has 3 aliphatic carbocycles. The molecule has 2 aromatic rings. The van der Waals surface area contributed by atoms with Gasteiger partial charge in [-0.15, -0.1) is 6.58 Å². The van der Waals surface area contributed by atoms with E-state index in [0.717, 1.165) is 0 Å². The monoisotopic (exact) mass is 634 g/mol. The van der Waals surface area contributed by atoms with Gasteiger partial charge in [-0.25, -0.2) is 9.59 Å².